The van der Waals surface area contributed by atoms with E-state index < -0.39 is 38.0 Å². The average molecular weight is 526 g/mol. The van der Waals surface area contributed by atoms with Crippen molar-refractivity contribution in [2.45, 2.75) is 69.1 Å². The van der Waals surface area contributed by atoms with Crippen LogP contribution in [0.15, 0.2) is 56.6 Å². The molecule has 0 saturated heterocycles. The predicted molar refractivity (Wildman–Crippen MR) is 139 cm³/mol. The summed E-state index contributed by atoms with van der Waals surface area (Å²) in [6.07, 6.45) is 5.87. The molecule has 4 N–H and O–H groups in total. The van der Waals surface area contributed by atoms with Crippen molar-refractivity contribution in [1.82, 2.24) is 0 Å². The van der Waals surface area contributed by atoms with Crippen LogP contribution in [0.25, 0.3) is 11.1 Å². The minimum Gasteiger partial charge on any atom is -0.507 e. The fraction of sp³-hybridized carbons (Fsp3) is 0.357. The van der Waals surface area contributed by atoms with Crippen LogP contribution in [0.3, 0.4) is 0 Å². The van der Waals surface area contributed by atoms with Gasteiger partial charge in [0.1, 0.15) is 16.4 Å². The smallest absolute Gasteiger partial charge is 0.343 e. The molecule has 0 radical (unpaired) electrons. The molecule has 1 heterocycles. The van der Waals surface area contributed by atoms with Crippen molar-refractivity contribution in [3.05, 3.63) is 80.9 Å². The monoisotopic (exact) mass is 525 g/mol. The Bertz CT molecular complexity index is 1480. The standard InChI is InChI=1S/C28H31NO7S/c1-2-10-18(24-25(30)20-13-8-3-4-9-14-22(20)36-28(24)33)19-15-16-21(27(31)32)26(37(29,34)35)23(19)17-11-6-5-7-12-17/h5-7,11-12,15-16,18,30H,2-4,8-10,13-14H2,1H3,(H,31,32)(H2,29,34,35). The largest absolute Gasteiger partial charge is 0.507 e. The van der Waals surface area contributed by atoms with Crippen LogP contribution in [0, 0.1) is 0 Å². The Morgan fingerprint density at radius 3 is 2.35 bits per heavy atom. The molecule has 1 atom stereocenters. The van der Waals surface area contributed by atoms with Crippen LogP contribution in [0.1, 0.15) is 84.2 Å². The SMILES string of the molecule is CCCC(c1ccc(C(=O)O)c(S(N)(=O)=O)c1-c1ccccc1)c1c(O)c2c(oc1=O)CCCCCC2. The number of hydrogen-bond acceptors (Lipinski definition) is 6. The van der Waals surface area contributed by atoms with Crippen LogP contribution < -0.4 is 10.8 Å². The van der Waals surface area contributed by atoms with Crippen LogP contribution >= 0.6 is 0 Å². The molecule has 2 aromatic carbocycles. The molecule has 1 unspecified atom stereocenters. The van der Waals surface area contributed by atoms with Gasteiger partial charge in [0.05, 0.1) is 11.1 Å². The molecule has 0 saturated carbocycles. The number of carbonyl (C=O) groups is 1. The molecule has 4 rings (SSSR count). The van der Waals surface area contributed by atoms with Crippen LogP contribution in [-0.2, 0) is 22.9 Å². The quantitative estimate of drug-likeness (QED) is 0.395. The third-order valence-corrected chi connectivity index (χ3v) is 7.96. The zero-order valence-electron chi connectivity index (χ0n) is 20.7. The minimum absolute atomic E-state index is 0.0572. The van der Waals surface area contributed by atoms with Gasteiger partial charge in [-0.2, -0.15) is 0 Å². The van der Waals surface area contributed by atoms with Gasteiger partial charge >= 0.3 is 11.6 Å². The van der Waals surface area contributed by atoms with E-state index in [2.05, 4.69) is 0 Å². The van der Waals surface area contributed by atoms with Crippen molar-refractivity contribution in [1.29, 1.82) is 0 Å². The highest BCUT2D eigenvalue weighted by Gasteiger charge is 2.33. The summed E-state index contributed by atoms with van der Waals surface area (Å²) in [5.41, 5.74) is 0.458. The lowest BCUT2D eigenvalue weighted by Crippen LogP contribution is -2.22. The topological polar surface area (TPSA) is 148 Å². The van der Waals surface area contributed by atoms with Gasteiger partial charge in [-0.15, -0.1) is 0 Å². The van der Waals surface area contributed by atoms with E-state index >= 15 is 0 Å². The van der Waals surface area contributed by atoms with Crippen molar-refractivity contribution in [3.8, 4) is 16.9 Å². The van der Waals surface area contributed by atoms with Crippen molar-refractivity contribution < 1.29 is 27.8 Å². The Balaban J connectivity index is 2.08. The van der Waals surface area contributed by atoms with Gasteiger partial charge in [0.15, 0.2) is 0 Å². The summed E-state index contributed by atoms with van der Waals surface area (Å²) < 4.78 is 31.4. The average Bonchev–Trinajstić information content (AvgIpc) is 2.83. The zero-order valence-corrected chi connectivity index (χ0v) is 21.5. The maximum Gasteiger partial charge on any atom is 0.343 e. The molecule has 0 aliphatic heterocycles. The second-order valence-corrected chi connectivity index (χ2v) is 10.9. The third-order valence-electron chi connectivity index (χ3n) is 6.96. The second kappa shape index (κ2) is 10.9. The highest BCUT2D eigenvalue weighted by molar-refractivity contribution is 7.89. The number of sulfonamides is 1. The molecule has 9 heteroatoms. The van der Waals surface area contributed by atoms with E-state index in [0.29, 0.717) is 48.1 Å². The number of aromatic carboxylic acids is 1. The first-order valence-corrected chi connectivity index (χ1v) is 14.1. The number of nitrogens with two attached hydrogens (primary N) is 1. The lowest BCUT2D eigenvalue weighted by Gasteiger charge is -2.25. The van der Waals surface area contributed by atoms with E-state index in [1.165, 1.54) is 12.1 Å². The van der Waals surface area contributed by atoms with Crippen molar-refractivity contribution >= 4 is 16.0 Å². The Morgan fingerprint density at radius 1 is 1.05 bits per heavy atom. The van der Waals surface area contributed by atoms with E-state index in [-0.39, 0.29) is 16.9 Å². The van der Waals surface area contributed by atoms with Gasteiger partial charge < -0.3 is 14.6 Å². The first kappa shape index (κ1) is 26.6. The number of hydrogen-bond donors (Lipinski definition) is 3. The molecule has 0 bridgehead atoms. The summed E-state index contributed by atoms with van der Waals surface area (Å²) in [4.78, 5) is 24.8. The Kier molecular flexibility index (Phi) is 7.85. The number of fused-ring (bicyclic) bond motifs is 1. The molecule has 37 heavy (non-hydrogen) atoms. The summed E-state index contributed by atoms with van der Waals surface area (Å²) in [7, 11) is -4.50. The van der Waals surface area contributed by atoms with Crippen molar-refractivity contribution in [3.63, 3.8) is 0 Å². The summed E-state index contributed by atoms with van der Waals surface area (Å²) in [5.74, 6) is -1.82. The number of benzene rings is 2. The van der Waals surface area contributed by atoms with E-state index in [1.54, 1.807) is 30.3 Å². The predicted octanol–water partition coefficient (Wildman–Crippen LogP) is 4.95. The van der Waals surface area contributed by atoms with Gasteiger partial charge in [-0.1, -0.05) is 62.6 Å². The molecule has 8 nitrogen and oxygen atoms in total. The minimum atomic E-state index is -4.50. The fourth-order valence-electron chi connectivity index (χ4n) is 5.33. The molecule has 1 aromatic heterocycles. The van der Waals surface area contributed by atoms with E-state index in [4.69, 9.17) is 9.56 Å². The number of primary sulfonamides is 1. The number of rotatable bonds is 7. The summed E-state index contributed by atoms with van der Waals surface area (Å²) in [6.45, 7) is 1.91. The number of aryl methyl sites for hydroxylation is 1. The summed E-state index contributed by atoms with van der Waals surface area (Å²) in [5, 5.41) is 26.8. The van der Waals surface area contributed by atoms with Crippen LogP contribution in [-0.4, -0.2) is 24.6 Å². The molecular formula is C28H31NO7S. The van der Waals surface area contributed by atoms with Gasteiger partial charge in [-0.25, -0.2) is 23.1 Å². The van der Waals surface area contributed by atoms with E-state index in [0.717, 1.165) is 25.7 Å². The van der Waals surface area contributed by atoms with Crippen LogP contribution in [0.2, 0.25) is 0 Å². The molecular weight excluding hydrogens is 494 g/mol. The molecule has 1 aliphatic carbocycles. The lowest BCUT2D eigenvalue weighted by atomic mass is 9.81. The Hall–Kier alpha value is -3.43. The van der Waals surface area contributed by atoms with E-state index in [1.807, 2.05) is 6.92 Å². The molecule has 0 fully saturated rings. The van der Waals surface area contributed by atoms with Gasteiger partial charge in [0.2, 0.25) is 10.0 Å². The maximum atomic E-state index is 13.3. The molecule has 1 aliphatic rings. The first-order chi connectivity index (χ1) is 17.6. The second-order valence-electron chi connectivity index (χ2n) is 9.43. The zero-order chi connectivity index (χ0) is 26.7. The first-order valence-electron chi connectivity index (χ1n) is 12.5. The highest BCUT2D eigenvalue weighted by atomic mass is 32.2. The third kappa shape index (κ3) is 5.33. The lowest BCUT2D eigenvalue weighted by molar-refractivity contribution is 0.0692. The van der Waals surface area contributed by atoms with Crippen molar-refractivity contribution in [2.24, 2.45) is 5.14 Å². The Morgan fingerprint density at radius 2 is 1.73 bits per heavy atom. The van der Waals surface area contributed by atoms with Crippen LogP contribution in [0.5, 0.6) is 5.75 Å². The van der Waals surface area contributed by atoms with Crippen LogP contribution in [0.4, 0.5) is 0 Å². The van der Waals surface area contributed by atoms with Gasteiger partial charge in [0.25, 0.3) is 0 Å². The van der Waals surface area contributed by atoms with E-state index in [9.17, 15) is 28.2 Å². The summed E-state index contributed by atoms with van der Waals surface area (Å²) in [6, 6.07) is 11.2. The maximum absolute atomic E-state index is 13.3. The van der Waals surface area contributed by atoms with Gasteiger partial charge in [0, 0.05) is 23.5 Å². The number of carboxylic acid groups (broad SMARTS) is 1. The number of carboxylic acids is 1. The molecule has 0 spiro atoms. The Labute approximate surface area is 215 Å². The summed E-state index contributed by atoms with van der Waals surface area (Å²) >= 11 is 0. The molecule has 0 amide bonds. The normalized spacial score (nSPS) is 14.9. The molecule has 3 aromatic rings. The fourth-order valence-corrected chi connectivity index (χ4v) is 6.31. The van der Waals surface area contributed by atoms with Gasteiger partial charge in [-0.05, 0) is 42.9 Å². The highest BCUT2D eigenvalue weighted by Crippen LogP contribution is 2.43. The van der Waals surface area contributed by atoms with Crippen molar-refractivity contribution in [2.75, 3.05) is 0 Å². The van der Waals surface area contributed by atoms with Gasteiger partial charge in [-0.3, -0.25) is 0 Å². The molecule has 196 valence electrons. The number of aromatic hydroxyl groups is 1.